The topological polar surface area (TPSA) is 60.4 Å². The highest BCUT2D eigenvalue weighted by Crippen LogP contribution is 2.24. The van der Waals surface area contributed by atoms with E-state index >= 15 is 0 Å². The lowest BCUT2D eigenvalue weighted by Gasteiger charge is -2.40. The Morgan fingerprint density at radius 1 is 1.16 bits per heavy atom. The minimum absolute atomic E-state index is 0. The average molecular weight is 558 g/mol. The van der Waals surface area contributed by atoms with Crippen molar-refractivity contribution >= 4 is 35.9 Å². The zero-order valence-corrected chi connectivity index (χ0v) is 22.2. The van der Waals surface area contributed by atoms with E-state index < -0.39 is 0 Å². The van der Waals surface area contributed by atoms with E-state index in [1.54, 1.807) is 0 Å². The zero-order chi connectivity index (χ0) is 22.1. The maximum absolute atomic E-state index is 12.0. The Kier molecular flexibility index (Phi) is 11.7. The van der Waals surface area contributed by atoms with Crippen LogP contribution in [-0.4, -0.2) is 93.1 Å². The van der Waals surface area contributed by atoms with Crippen molar-refractivity contribution in [3.8, 4) is 0 Å². The number of nitrogens with one attached hydrogen (secondary N) is 1. The van der Waals surface area contributed by atoms with Crippen LogP contribution in [0.2, 0.25) is 0 Å². The second-order valence-electron chi connectivity index (χ2n) is 8.57. The van der Waals surface area contributed by atoms with E-state index in [0.29, 0.717) is 12.6 Å². The number of aliphatic imine (C=N–C) groups is 1. The molecule has 1 aromatic rings. The highest BCUT2D eigenvalue weighted by atomic mass is 127. The van der Waals surface area contributed by atoms with Crippen LogP contribution in [0.4, 0.5) is 0 Å². The van der Waals surface area contributed by atoms with Crippen molar-refractivity contribution in [1.29, 1.82) is 0 Å². The van der Waals surface area contributed by atoms with Gasteiger partial charge in [0, 0.05) is 58.9 Å². The van der Waals surface area contributed by atoms with Crippen molar-refractivity contribution in [2.75, 3.05) is 66.5 Å². The highest BCUT2D eigenvalue weighted by molar-refractivity contribution is 14.0. The quantitative estimate of drug-likeness (QED) is 0.183. The predicted molar refractivity (Wildman–Crippen MR) is 141 cm³/mol. The molecule has 3 rings (SSSR count). The Morgan fingerprint density at radius 3 is 2.53 bits per heavy atom. The van der Waals surface area contributed by atoms with E-state index in [4.69, 9.17) is 4.74 Å². The lowest BCUT2D eigenvalue weighted by molar-refractivity contribution is -0.149. The van der Waals surface area contributed by atoms with Gasteiger partial charge < -0.3 is 19.9 Å². The summed E-state index contributed by atoms with van der Waals surface area (Å²) in [6, 6.07) is 11.3. The van der Waals surface area contributed by atoms with E-state index in [0.717, 1.165) is 71.0 Å². The SMILES string of the molecule is CCOC(=O)C1CCN(C(=NC)NCCCN2CCN(C)CC2c2ccccc2)CC1.I. The number of nitrogens with zero attached hydrogens (tertiary/aromatic N) is 4. The third-order valence-electron chi connectivity index (χ3n) is 6.41. The van der Waals surface area contributed by atoms with E-state index in [2.05, 4.69) is 62.4 Å². The second-order valence-corrected chi connectivity index (χ2v) is 8.57. The molecular formula is C24H40IN5O2. The molecule has 0 radical (unpaired) electrons. The Labute approximate surface area is 210 Å². The van der Waals surface area contributed by atoms with E-state index in [1.807, 2.05) is 14.0 Å². The minimum atomic E-state index is -0.0507. The Balaban J connectivity index is 0.00000363. The molecule has 0 amide bonds. The summed E-state index contributed by atoms with van der Waals surface area (Å²) in [7, 11) is 4.05. The van der Waals surface area contributed by atoms with Crippen molar-refractivity contribution in [2.45, 2.75) is 32.2 Å². The molecule has 0 saturated carbocycles. The molecule has 32 heavy (non-hydrogen) atoms. The van der Waals surface area contributed by atoms with Gasteiger partial charge in [-0.1, -0.05) is 30.3 Å². The molecule has 180 valence electrons. The molecule has 1 aromatic carbocycles. The summed E-state index contributed by atoms with van der Waals surface area (Å²) in [6.07, 6.45) is 2.74. The van der Waals surface area contributed by atoms with Gasteiger partial charge in [-0.05, 0) is 38.8 Å². The number of rotatable bonds is 7. The molecule has 1 atom stereocenters. The fraction of sp³-hybridized carbons (Fsp3) is 0.667. The first-order chi connectivity index (χ1) is 15.1. The van der Waals surface area contributed by atoms with Gasteiger partial charge in [-0.3, -0.25) is 14.7 Å². The number of benzene rings is 1. The zero-order valence-electron chi connectivity index (χ0n) is 19.8. The number of likely N-dealkylation sites (N-methyl/N-ethyl adjacent to an activating group) is 1. The number of carbonyl (C=O) groups excluding carboxylic acids is 1. The number of guanidine groups is 1. The summed E-state index contributed by atoms with van der Waals surface area (Å²) in [6.45, 7) is 9.29. The third-order valence-corrected chi connectivity index (χ3v) is 6.41. The van der Waals surface area contributed by atoms with Gasteiger partial charge in [0.1, 0.15) is 0 Å². The number of esters is 1. The maximum atomic E-state index is 12.0. The first kappa shape index (κ1) is 26.9. The van der Waals surface area contributed by atoms with E-state index in [1.165, 1.54) is 5.56 Å². The van der Waals surface area contributed by atoms with Crippen LogP contribution in [-0.2, 0) is 9.53 Å². The molecule has 0 bridgehead atoms. The molecule has 2 saturated heterocycles. The smallest absolute Gasteiger partial charge is 0.309 e. The molecule has 0 aliphatic carbocycles. The van der Waals surface area contributed by atoms with Gasteiger partial charge in [-0.25, -0.2) is 0 Å². The molecule has 1 N–H and O–H groups in total. The Morgan fingerprint density at radius 2 is 1.88 bits per heavy atom. The van der Waals surface area contributed by atoms with Crippen LogP contribution < -0.4 is 5.32 Å². The van der Waals surface area contributed by atoms with Gasteiger partial charge in [-0.15, -0.1) is 24.0 Å². The minimum Gasteiger partial charge on any atom is -0.466 e. The van der Waals surface area contributed by atoms with Crippen LogP contribution in [0.5, 0.6) is 0 Å². The number of piperidine rings is 1. The molecule has 0 spiro atoms. The molecule has 2 heterocycles. The summed E-state index contributed by atoms with van der Waals surface area (Å²) in [5, 5.41) is 3.53. The van der Waals surface area contributed by atoms with Crippen LogP contribution in [0.15, 0.2) is 35.3 Å². The number of halogens is 1. The van der Waals surface area contributed by atoms with Crippen LogP contribution in [0.1, 0.15) is 37.8 Å². The first-order valence-corrected chi connectivity index (χ1v) is 11.7. The number of likely N-dealkylation sites (tertiary alicyclic amines) is 1. The molecular weight excluding hydrogens is 517 g/mol. The van der Waals surface area contributed by atoms with Gasteiger partial charge in [0.05, 0.1) is 12.5 Å². The van der Waals surface area contributed by atoms with Crippen LogP contribution in [0.25, 0.3) is 0 Å². The number of hydrogen-bond acceptors (Lipinski definition) is 5. The average Bonchev–Trinajstić information content (AvgIpc) is 2.81. The molecule has 8 heteroatoms. The monoisotopic (exact) mass is 557 g/mol. The fourth-order valence-corrected chi connectivity index (χ4v) is 4.62. The Bertz CT molecular complexity index is 710. The summed E-state index contributed by atoms with van der Waals surface area (Å²) in [5.74, 6) is 0.923. The van der Waals surface area contributed by atoms with Crippen molar-refractivity contribution in [1.82, 2.24) is 20.0 Å². The lowest BCUT2D eigenvalue weighted by Crippen LogP contribution is -2.48. The molecule has 7 nitrogen and oxygen atoms in total. The van der Waals surface area contributed by atoms with Gasteiger partial charge in [-0.2, -0.15) is 0 Å². The predicted octanol–water partition coefficient (Wildman–Crippen LogP) is 2.83. The number of carbonyl (C=O) groups is 1. The summed E-state index contributed by atoms with van der Waals surface area (Å²) in [4.78, 5) is 23.7. The van der Waals surface area contributed by atoms with Gasteiger partial charge in [0.15, 0.2) is 5.96 Å². The van der Waals surface area contributed by atoms with Gasteiger partial charge >= 0.3 is 5.97 Å². The van der Waals surface area contributed by atoms with E-state index in [9.17, 15) is 4.79 Å². The van der Waals surface area contributed by atoms with Gasteiger partial charge in [0.2, 0.25) is 0 Å². The number of ether oxygens (including phenoxy) is 1. The Hall–Kier alpha value is -1.39. The van der Waals surface area contributed by atoms with Crippen molar-refractivity contribution in [3.63, 3.8) is 0 Å². The number of piperazine rings is 1. The fourth-order valence-electron chi connectivity index (χ4n) is 4.62. The molecule has 2 fully saturated rings. The molecule has 0 aromatic heterocycles. The normalized spacial score (nSPS) is 21.2. The second kappa shape index (κ2) is 14.0. The van der Waals surface area contributed by atoms with Crippen LogP contribution in [0.3, 0.4) is 0 Å². The maximum Gasteiger partial charge on any atom is 0.309 e. The summed E-state index contributed by atoms with van der Waals surface area (Å²) >= 11 is 0. The standard InChI is InChI=1S/C24H39N5O2.HI/c1-4-31-23(30)21-11-15-29(16-12-21)24(25-2)26-13-8-14-28-18-17-27(3)19-22(28)20-9-6-5-7-10-20;/h5-7,9-10,21-22H,4,8,11-19H2,1-3H3,(H,25,26);1H. The van der Waals surface area contributed by atoms with E-state index in [-0.39, 0.29) is 35.9 Å². The lowest BCUT2D eigenvalue weighted by atomic mass is 9.97. The van der Waals surface area contributed by atoms with Crippen LogP contribution >= 0.6 is 24.0 Å². The van der Waals surface area contributed by atoms with Crippen molar-refractivity contribution in [2.24, 2.45) is 10.9 Å². The number of hydrogen-bond donors (Lipinski definition) is 1. The largest absolute Gasteiger partial charge is 0.466 e. The van der Waals surface area contributed by atoms with Crippen molar-refractivity contribution in [3.05, 3.63) is 35.9 Å². The molecule has 1 unspecified atom stereocenters. The van der Waals surface area contributed by atoms with Crippen LogP contribution in [0, 0.1) is 5.92 Å². The molecule has 2 aliphatic heterocycles. The summed E-state index contributed by atoms with van der Waals surface area (Å²) < 4.78 is 5.18. The summed E-state index contributed by atoms with van der Waals surface area (Å²) in [5.41, 5.74) is 1.40. The first-order valence-electron chi connectivity index (χ1n) is 11.7. The highest BCUT2D eigenvalue weighted by Gasteiger charge is 2.28. The third kappa shape index (κ3) is 7.59. The van der Waals surface area contributed by atoms with Gasteiger partial charge in [0.25, 0.3) is 0 Å². The van der Waals surface area contributed by atoms with Crippen molar-refractivity contribution < 1.29 is 9.53 Å². The molecule has 2 aliphatic rings.